The highest BCUT2D eigenvalue weighted by atomic mass is 32.2. The second-order valence-electron chi connectivity index (χ2n) is 6.52. The fourth-order valence-electron chi connectivity index (χ4n) is 3.17. The van der Waals surface area contributed by atoms with E-state index in [-0.39, 0.29) is 12.5 Å². The van der Waals surface area contributed by atoms with Crippen LogP contribution in [0.1, 0.15) is 5.56 Å². The normalized spacial score (nSPS) is 24.1. The number of ether oxygens (including phenoxy) is 2. The van der Waals surface area contributed by atoms with Crippen molar-refractivity contribution in [1.82, 2.24) is 9.21 Å². The maximum atomic E-state index is 12.6. The van der Waals surface area contributed by atoms with E-state index in [0.717, 1.165) is 25.2 Å². The zero-order valence-corrected chi connectivity index (χ0v) is 15.2. The third kappa shape index (κ3) is 4.78. The van der Waals surface area contributed by atoms with Crippen LogP contribution in [0, 0.1) is 5.92 Å². The molecule has 0 spiro atoms. The number of aliphatic hydroxyl groups is 1. The first-order valence-corrected chi connectivity index (χ1v) is 10.1. The number of sulfonamides is 1. The van der Waals surface area contributed by atoms with E-state index < -0.39 is 10.0 Å². The molecule has 25 heavy (non-hydrogen) atoms. The summed E-state index contributed by atoms with van der Waals surface area (Å²) in [5.41, 5.74) is 1.06. The fourth-order valence-corrected chi connectivity index (χ4v) is 4.58. The zero-order valence-electron chi connectivity index (χ0n) is 14.3. The van der Waals surface area contributed by atoms with Crippen LogP contribution >= 0.6 is 0 Å². The third-order valence-electron chi connectivity index (χ3n) is 4.62. The van der Waals surface area contributed by atoms with Gasteiger partial charge in [0.15, 0.2) is 0 Å². The van der Waals surface area contributed by atoms with Crippen LogP contribution in [-0.4, -0.2) is 81.9 Å². The molecule has 1 aromatic carbocycles. The topological polar surface area (TPSA) is 79.3 Å². The first-order chi connectivity index (χ1) is 12.1. The van der Waals surface area contributed by atoms with Gasteiger partial charge < -0.3 is 14.6 Å². The van der Waals surface area contributed by atoms with Crippen LogP contribution in [0.25, 0.3) is 0 Å². The molecule has 140 valence electrons. The summed E-state index contributed by atoms with van der Waals surface area (Å²) in [5, 5.41) is 9.36. The summed E-state index contributed by atoms with van der Waals surface area (Å²) in [6, 6.07) is 7.09. The quantitative estimate of drug-likeness (QED) is 0.795. The van der Waals surface area contributed by atoms with Crippen molar-refractivity contribution in [2.75, 3.05) is 59.2 Å². The molecular weight excluding hydrogens is 344 g/mol. The molecule has 2 aliphatic rings. The molecule has 1 N–H and O–H groups in total. The van der Waals surface area contributed by atoms with Crippen LogP contribution in [0.3, 0.4) is 0 Å². The van der Waals surface area contributed by atoms with Gasteiger partial charge in [0.2, 0.25) is 10.0 Å². The summed E-state index contributed by atoms with van der Waals surface area (Å²) in [6.45, 7) is 5.37. The molecule has 3 rings (SSSR count). The first-order valence-electron chi connectivity index (χ1n) is 8.67. The zero-order chi connectivity index (χ0) is 17.7. The Labute approximate surface area is 149 Å². The van der Waals surface area contributed by atoms with Crippen molar-refractivity contribution in [3.05, 3.63) is 29.8 Å². The van der Waals surface area contributed by atoms with Crippen LogP contribution in [0.4, 0.5) is 0 Å². The summed E-state index contributed by atoms with van der Waals surface area (Å²) < 4.78 is 37.5. The number of aliphatic hydroxyl groups excluding tert-OH is 1. The number of hydrogen-bond acceptors (Lipinski definition) is 6. The second kappa shape index (κ2) is 8.57. The van der Waals surface area contributed by atoms with Crippen LogP contribution in [0.15, 0.2) is 29.2 Å². The highest BCUT2D eigenvalue weighted by molar-refractivity contribution is 7.89. The molecular formula is C17H26N2O5S. The van der Waals surface area contributed by atoms with E-state index >= 15 is 0 Å². The van der Waals surface area contributed by atoms with Crippen molar-refractivity contribution in [3.8, 4) is 0 Å². The Hall–Kier alpha value is -1.03. The second-order valence-corrected chi connectivity index (χ2v) is 8.46. The molecule has 8 heteroatoms. The minimum atomic E-state index is -3.44. The third-order valence-corrected chi connectivity index (χ3v) is 6.53. The summed E-state index contributed by atoms with van der Waals surface area (Å²) >= 11 is 0. The van der Waals surface area contributed by atoms with Gasteiger partial charge in [-0.3, -0.25) is 4.90 Å². The Bertz CT molecular complexity index is 644. The lowest BCUT2D eigenvalue weighted by molar-refractivity contribution is 0.0730. The largest absolute Gasteiger partial charge is 0.396 e. The molecule has 0 aromatic heterocycles. The summed E-state index contributed by atoms with van der Waals surface area (Å²) in [4.78, 5) is 2.56. The summed E-state index contributed by atoms with van der Waals surface area (Å²) in [6.07, 6.45) is 0. The highest BCUT2D eigenvalue weighted by Gasteiger charge is 2.26. The van der Waals surface area contributed by atoms with Gasteiger partial charge >= 0.3 is 0 Å². The Balaban J connectivity index is 1.65. The van der Waals surface area contributed by atoms with Gasteiger partial charge in [-0.25, -0.2) is 8.42 Å². The number of rotatable bonds is 5. The van der Waals surface area contributed by atoms with Crippen LogP contribution in [-0.2, 0) is 26.0 Å². The van der Waals surface area contributed by atoms with Gasteiger partial charge in [0.25, 0.3) is 0 Å². The molecule has 2 saturated heterocycles. The van der Waals surface area contributed by atoms with E-state index in [1.807, 2.05) is 12.1 Å². The van der Waals surface area contributed by atoms with Gasteiger partial charge in [-0.05, 0) is 17.7 Å². The standard InChI is InChI=1S/C17H26N2O5S/c20-13-16-12-18(5-8-24-14-16)11-15-1-3-17(4-2-15)25(21,22)19-6-9-23-10-7-19/h1-4,16,20H,5-14H2. The van der Waals surface area contributed by atoms with Crippen molar-refractivity contribution in [3.63, 3.8) is 0 Å². The predicted octanol–water partition coefficient (Wildman–Crippen LogP) is 0.148. The first kappa shape index (κ1) is 18.8. The van der Waals surface area contributed by atoms with Crippen molar-refractivity contribution in [1.29, 1.82) is 0 Å². The Morgan fingerprint density at radius 3 is 2.40 bits per heavy atom. The van der Waals surface area contributed by atoms with E-state index in [9.17, 15) is 13.5 Å². The van der Waals surface area contributed by atoms with Gasteiger partial charge in [0, 0.05) is 45.2 Å². The SMILES string of the molecule is O=S(=O)(c1ccc(CN2CCOCC(CO)C2)cc1)N1CCOCC1. The highest BCUT2D eigenvalue weighted by Crippen LogP contribution is 2.19. The van der Waals surface area contributed by atoms with E-state index in [1.54, 1.807) is 12.1 Å². The van der Waals surface area contributed by atoms with Gasteiger partial charge in [-0.1, -0.05) is 12.1 Å². The molecule has 1 aromatic rings. The average molecular weight is 370 g/mol. The van der Waals surface area contributed by atoms with E-state index in [4.69, 9.17) is 9.47 Å². The maximum Gasteiger partial charge on any atom is 0.243 e. The number of morpholine rings is 1. The maximum absolute atomic E-state index is 12.6. The summed E-state index contributed by atoms with van der Waals surface area (Å²) in [7, 11) is -3.44. The molecule has 0 saturated carbocycles. The van der Waals surface area contributed by atoms with Crippen LogP contribution in [0.2, 0.25) is 0 Å². The van der Waals surface area contributed by atoms with E-state index in [2.05, 4.69) is 4.90 Å². The van der Waals surface area contributed by atoms with Gasteiger partial charge in [-0.2, -0.15) is 4.31 Å². The van der Waals surface area contributed by atoms with Gasteiger partial charge in [0.05, 0.1) is 31.3 Å². The molecule has 0 amide bonds. The Morgan fingerprint density at radius 2 is 1.72 bits per heavy atom. The van der Waals surface area contributed by atoms with Crippen molar-refractivity contribution >= 4 is 10.0 Å². The van der Waals surface area contributed by atoms with E-state index in [1.165, 1.54) is 4.31 Å². The molecule has 2 aliphatic heterocycles. The number of benzene rings is 1. The molecule has 0 radical (unpaired) electrons. The molecule has 1 atom stereocenters. The van der Waals surface area contributed by atoms with Crippen molar-refractivity contribution in [2.45, 2.75) is 11.4 Å². The molecule has 2 heterocycles. The Kier molecular flexibility index (Phi) is 6.43. The molecule has 1 unspecified atom stereocenters. The molecule has 7 nitrogen and oxygen atoms in total. The smallest absolute Gasteiger partial charge is 0.243 e. The molecule has 0 aliphatic carbocycles. The minimum Gasteiger partial charge on any atom is -0.396 e. The van der Waals surface area contributed by atoms with Crippen LogP contribution in [0.5, 0.6) is 0 Å². The predicted molar refractivity (Wildman–Crippen MR) is 92.7 cm³/mol. The molecule has 0 bridgehead atoms. The van der Waals surface area contributed by atoms with Crippen LogP contribution < -0.4 is 0 Å². The number of nitrogens with zero attached hydrogens (tertiary/aromatic N) is 2. The van der Waals surface area contributed by atoms with Crippen molar-refractivity contribution < 1.29 is 23.0 Å². The van der Waals surface area contributed by atoms with E-state index in [0.29, 0.717) is 44.4 Å². The molecule has 2 fully saturated rings. The van der Waals surface area contributed by atoms with Crippen molar-refractivity contribution in [2.24, 2.45) is 5.92 Å². The fraction of sp³-hybridized carbons (Fsp3) is 0.647. The van der Waals surface area contributed by atoms with Gasteiger partial charge in [-0.15, -0.1) is 0 Å². The Morgan fingerprint density at radius 1 is 1.04 bits per heavy atom. The number of hydrogen-bond donors (Lipinski definition) is 1. The monoisotopic (exact) mass is 370 g/mol. The lowest BCUT2D eigenvalue weighted by atomic mass is 10.1. The average Bonchev–Trinajstić information content (AvgIpc) is 2.88. The summed E-state index contributed by atoms with van der Waals surface area (Å²) in [5.74, 6) is 0.128. The van der Waals surface area contributed by atoms with Gasteiger partial charge in [0.1, 0.15) is 0 Å². The lowest BCUT2D eigenvalue weighted by Crippen LogP contribution is -2.40. The lowest BCUT2D eigenvalue weighted by Gasteiger charge is -2.26. The minimum absolute atomic E-state index is 0.118.